The molecule has 1 fully saturated rings. The van der Waals surface area contributed by atoms with E-state index in [-0.39, 0.29) is 11.5 Å². The van der Waals surface area contributed by atoms with E-state index >= 15 is 0 Å². The van der Waals surface area contributed by atoms with Crippen LogP contribution in [-0.4, -0.2) is 25.7 Å². The van der Waals surface area contributed by atoms with Crippen molar-refractivity contribution < 1.29 is 13.5 Å². The second kappa shape index (κ2) is 5.94. The van der Waals surface area contributed by atoms with Gasteiger partial charge in [-0.15, -0.1) is 0 Å². The van der Waals surface area contributed by atoms with Gasteiger partial charge < -0.3 is 10.8 Å². The third kappa shape index (κ3) is 3.56. The highest BCUT2D eigenvalue weighted by molar-refractivity contribution is 7.89. The molecule has 1 aliphatic carbocycles. The van der Waals surface area contributed by atoms with Gasteiger partial charge in [0, 0.05) is 5.69 Å². The zero-order valence-electron chi connectivity index (χ0n) is 12.6. The number of nitrogen functional groups attached to an aromatic ring is 1. The van der Waals surface area contributed by atoms with Gasteiger partial charge in [-0.25, -0.2) is 13.1 Å². The summed E-state index contributed by atoms with van der Waals surface area (Å²) in [5.41, 5.74) is 6.01. The van der Waals surface area contributed by atoms with Crippen molar-refractivity contribution >= 4 is 15.7 Å². The number of hydrogen-bond donors (Lipinski definition) is 3. The quantitative estimate of drug-likeness (QED) is 0.739. The predicted molar refractivity (Wildman–Crippen MR) is 83.4 cm³/mol. The largest absolute Gasteiger partial charge is 0.399 e. The van der Waals surface area contributed by atoms with Crippen LogP contribution in [0.1, 0.15) is 38.2 Å². The highest BCUT2D eigenvalue weighted by Crippen LogP contribution is 2.33. The third-order valence-corrected chi connectivity index (χ3v) is 6.11. The molecule has 1 aromatic rings. The molecule has 21 heavy (non-hydrogen) atoms. The second-order valence-electron chi connectivity index (χ2n) is 6.25. The Balaban J connectivity index is 2.29. The maximum absolute atomic E-state index is 12.6. The molecule has 118 valence electrons. The van der Waals surface area contributed by atoms with Gasteiger partial charge in [-0.3, -0.25) is 0 Å². The van der Waals surface area contributed by atoms with Gasteiger partial charge >= 0.3 is 0 Å². The highest BCUT2D eigenvalue weighted by atomic mass is 32.2. The van der Waals surface area contributed by atoms with Crippen LogP contribution in [0.5, 0.6) is 0 Å². The van der Waals surface area contributed by atoms with Crippen molar-refractivity contribution in [2.75, 3.05) is 12.3 Å². The number of rotatable bonds is 4. The number of aryl methyl sites for hydroxylation is 1. The molecule has 2 rings (SSSR count). The molecule has 6 heteroatoms. The summed E-state index contributed by atoms with van der Waals surface area (Å²) >= 11 is 0. The molecule has 0 saturated heterocycles. The molecule has 0 heterocycles. The van der Waals surface area contributed by atoms with Crippen LogP contribution < -0.4 is 10.5 Å². The fourth-order valence-electron chi connectivity index (χ4n) is 2.85. The maximum Gasteiger partial charge on any atom is 0.241 e. The SMILES string of the molecule is Cc1ccc(N)cc1S(=O)(=O)NC1(CO)CCC(C)CC1. The average molecular weight is 312 g/mol. The third-order valence-electron chi connectivity index (χ3n) is 4.39. The Hall–Kier alpha value is -1.11. The molecule has 4 N–H and O–H groups in total. The Morgan fingerprint density at radius 1 is 1.38 bits per heavy atom. The average Bonchev–Trinajstić information content (AvgIpc) is 2.44. The molecule has 0 aromatic heterocycles. The summed E-state index contributed by atoms with van der Waals surface area (Å²) in [5.74, 6) is 0.572. The maximum atomic E-state index is 12.6. The number of nitrogens with two attached hydrogens (primary N) is 1. The predicted octanol–water partition coefficient (Wildman–Crippen LogP) is 1.80. The first-order valence-corrected chi connectivity index (χ1v) is 8.77. The smallest absolute Gasteiger partial charge is 0.241 e. The van der Waals surface area contributed by atoms with Crippen molar-refractivity contribution in [3.8, 4) is 0 Å². The lowest BCUT2D eigenvalue weighted by Crippen LogP contribution is -2.53. The molecule has 0 radical (unpaired) electrons. The molecule has 0 atom stereocenters. The van der Waals surface area contributed by atoms with E-state index in [1.807, 2.05) is 0 Å². The minimum absolute atomic E-state index is 0.180. The van der Waals surface area contributed by atoms with E-state index in [4.69, 9.17) is 5.73 Å². The zero-order chi connectivity index (χ0) is 15.7. The van der Waals surface area contributed by atoms with E-state index in [9.17, 15) is 13.5 Å². The van der Waals surface area contributed by atoms with Crippen LogP contribution in [0.3, 0.4) is 0 Å². The first kappa shape index (κ1) is 16.3. The van der Waals surface area contributed by atoms with E-state index in [0.29, 0.717) is 30.0 Å². The van der Waals surface area contributed by atoms with Crippen LogP contribution in [0.15, 0.2) is 23.1 Å². The summed E-state index contributed by atoms with van der Waals surface area (Å²) < 4.78 is 28.0. The summed E-state index contributed by atoms with van der Waals surface area (Å²) in [7, 11) is -3.69. The molecule has 1 saturated carbocycles. The van der Waals surface area contributed by atoms with Gasteiger partial charge in [0.15, 0.2) is 0 Å². The summed E-state index contributed by atoms with van der Waals surface area (Å²) in [6, 6.07) is 4.84. The van der Waals surface area contributed by atoms with Crippen molar-refractivity contribution in [2.24, 2.45) is 5.92 Å². The first-order valence-electron chi connectivity index (χ1n) is 7.29. The van der Waals surface area contributed by atoms with Gasteiger partial charge in [-0.2, -0.15) is 0 Å². The summed E-state index contributed by atoms with van der Waals surface area (Å²) in [6.45, 7) is 3.71. The topological polar surface area (TPSA) is 92.4 Å². The summed E-state index contributed by atoms with van der Waals surface area (Å²) in [4.78, 5) is 0.189. The monoisotopic (exact) mass is 312 g/mol. The Morgan fingerprint density at radius 3 is 2.57 bits per heavy atom. The van der Waals surface area contributed by atoms with Gasteiger partial charge in [0.05, 0.1) is 17.0 Å². The fraction of sp³-hybridized carbons (Fsp3) is 0.600. The number of benzene rings is 1. The molecule has 0 aliphatic heterocycles. The number of hydrogen-bond acceptors (Lipinski definition) is 4. The normalized spacial score (nSPS) is 26.7. The Morgan fingerprint density at radius 2 is 2.00 bits per heavy atom. The van der Waals surface area contributed by atoms with Crippen LogP contribution in [0.4, 0.5) is 5.69 Å². The van der Waals surface area contributed by atoms with E-state index in [2.05, 4.69) is 11.6 Å². The Labute approximate surface area is 126 Å². The van der Waals surface area contributed by atoms with Gasteiger partial charge in [-0.05, 0) is 56.2 Å². The molecule has 0 unspecified atom stereocenters. The molecular weight excluding hydrogens is 288 g/mol. The van der Waals surface area contributed by atoms with Crippen LogP contribution >= 0.6 is 0 Å². The molecule has 0 spiro atoms. The van der Waals surface area contributed by atoms with Gasteiger partial charge in [0.25, 0.3) is 0 Å². The number of anilines is 1. The molecular formula is C15H24N2O3S. The van der Waals surface area contributed by atoms with E-state index in [1.165, 1.54) is 6.07 Å². The van der Waals surface area contributed by atoms with Crippen LogP contribution in [0.25, 0.3) is 0 Å². The fourth-order valence-corrected chi connectivity index (χ4v) is 4.59. The Bertz CT molecular complexity index is 605. The lowest BCUT2D eigenvalue weighted by molar-refractivity contribution is 0.125. The molecule has 0 bridgehead atoms. The minimum atomic E-state index is -3.69. The van der Waals surface area contributed by atoms with Gasteiger partial charge in [0.1, 0.15) is 0 Å². The van der Waals surface area contributed by atoms with Crippen molar-refractivity contribution in [1.29, 1.82) is 0 Å². The Kier molecular flexibility index (Phi) is 4.60. The molecule has 0 amide bonds. The minimum Gasteiger partial charge on any atom is -0.399 e. The van der Waals surface area contributed by atoms with Crippen LogP contribution in [0, 0.1) is 12.8 Å². The number of nitrogens with one attached hydrogen (secondary N) is 1. The second-order valence-corrected chi connectivity index (χ2v) is 7.90. The number of aliphatic hydroxyl groups excluding tert-OH is 1. The van der Waals surface area contributed by atoms with Crippen molar-refractivity contribution in [3.05, 3.63) is 23.8 Å². The van der Waals surface area contributed by atoms with Crippen molar-refractivity contribution in [1.82, 2.24) is 4.72 Å². The summed E-state index contributed by atoms with van der Waals surface area (Å²) in [6.07, 6.45) is 3.15. The van der Waals surface area contributed by atoms with E-state index in [1.54, 1.807) is 19.1 Å². The molecule has 1 aliphatic rings. The highest BCUT2D eigenvalue weighted by Gasteiger charge is 2.38. The lowest BCUT2D eigenvalue weighted by atomic mass is 9.78. The summed E-state index contributed by atoms with van der Waals surface area (Å²) in [5, 5.41) is 9.71. The number of aliphatic hydroxyl groups is 1. The van der Waals surface area contributed by atoms with E-state index in [0.717, 1.165) is 12.8 Å². The number of sulfonamides is 1. The zero-order valence-corrected chi connectivity index (χ0v) is 13.4. The van der Waals surface area contributed by atoms with Crippen molar-refractivity contribution in [2.45, 2.75) is 50.0 Å². The van der Waals surface area contributed by atoms with Gasteiger partial charge in [0.2, 0.25) is 10.0 Å². The standard InChI is InChI=1S/C15H24N2O3S/c1-11-5-7-15(10-18,8-6-11)17-21(19,20)14-9-13(16)4-3-12(14)2/h3-4,9,11,17-18H,5-8,10,16H2,1-2H3. The molecule has 5 nitrogen and oxygen atoms in total. The van der Waals surface area contributed by atoms with Crippen molar-refractivity contribution in [3.63, 3.8) is 0 Å². The first-order chi connectivity index (χ1) is 9.78. The van der Waals surface area contributed by atoms with Crippen LogP contribution in [0.2, 0.25) is 0 Å². The molecule has 1 aromatic carbocycles. The lowest BCUT2D eigenvalue weighted by Gasteiger charge is -2.38. The van der Waals surface area contributed by atoms with Crippen LogP contribution in [-0.2, 0) is 10.0 Å². The van der Waals surface area contributed by atoms with Gasteiger partial charge in [-0.1, -0.05) is 13.0 Å². The van der Waals surface area contributed by atoms with E-state index < -0.39 is 15.6 Å².